The van der Waals surface area contributed by atoms with Crippen LogP contribution in [0, 0.1) is 12.8 Å². The molecule has 3 aromatic rings. The zero-order valence-corrected chi connectivity index (χ0v) is 18.4. The Balaban J connectivity index is 1.32. The van der Waals surface area contributed by atoms with Gasteiger partial charge in [-0.3, -0.25) is 14.4 Å². The fourth-order valence-electron chi connectivity index (χ4n) is 3.39. The summed E-state index contributed by atoms with van der Waals surface area (Å²) < 4.78 is 0. The van der Waals surface area contributed by atoms with Crippen molar-refractivity contribution < 1.29 is 14.4 Å². The average Bonchev–Trinajstić information content (AvgIpc) is 3.66. The monoisotopic (exact) mass is 442 g/mol. The summed E-state index contributed by atoms with van der Waals surface area (Å²) in [7, 11) is 0. The van der Waals surface area contributed by atoms with E-state index in [1.54, 1.807) is 48.5 Å². The molecule has 0 spiro atoms. The van der Waals surface area contributed by atoms with Crippen LogP contribution in [0.5, 0.6) is 0 Å². The molecule has 1 saturated carbocycles. The van der Waals surface area contributed by atoms with Crippen molar-refractivity contribution in [3.05, 3.63) is 83.9 Å². The fraction of sp³-hybridized carbons (Fsp3) is 0.192. The minimum Gasteiger partial charge on any atom is -0.376 e. The van der Waals surface area contributed by atoms with Crippen molar-refractivity contribution in [3.8, 4) is 0 Å². The number of anilines is 4. The summed E-state index contributed by atoms with van der Waals surface area (Å²) in [5, 5.41) is 11.7. The largest absolute Gasteiger partial charge is 0.376 e. The van der Waals surface area contributed by atoms with E-state index < -0.39 is 0 Å². The van der Waals surface area contributed by atoms with Crippen LogP contribution >= 0.6 is 0 Å². The summed E-state index contributed by atoms with van der Waals surface area (Å²) in [6.45, 7) is 1.96. The molecule has 0 saturated heterocycles. The van der Waals surface area contributed by atoms with Gasteiger partial charge in [0.2, 0.25) is 11.8 Å². The minimum atomic E-state index is -0.228. The third-order valence-corrected chi connectivity index (χ3v) is 5.42. The first-order valence-electron chi connectivity index (χ1n) is 10.9. The molecule has 0 atom stereocenters. The van der Waals surface area contributed by atoms with Crippen LogP contribution in [0.2, 0.25) is 0 Å². The van der Waals surface area contributed by atoms with E-state index in [-0.39, 0.29) is 30.2 Å². The van der Waals surface area contributed by atoms with E-state index in [9.17, 15) is 14.4 Å². The molecule has 0 aliphatic heterocycles. The molecule has 0 bridgehead atoms. The van der Waals surface area contributed by atoms with Crippen molar-refractivity contribution in [3.63, 3.8) is 0 Å². The number of hydrogen-bond acceptors (Lipinski definition) is 4. The highest BCUT2D eigenvalue weighted by Crippen LogP contribution is 2.31. The molecule has 1 aliphatic rings. The zero-order chi connectivity index (χ0) is 23.2. The molecule has 3 aromatic carbocycles. The van der Waals surface area contributed by atoms with Gasteiger partial charge in [-0.2, -0.15) is 0 Å². The Labute approximate surface area is 192 Å². The quantitative estimate of drug-likeness (QED) is 0.408. The van der Waals surface area contributed by atoms with Gasteiger partial charge in [0, 0.05) is 34.2 Å². The van der Waals surface area contributed by atoms with Gasteiger partial charge in [-0.25, -0.2) is 0 Å². The lowest BCUT2D eigenvalue weighted by atomic mass is 10.1. The third kappa shape index (κ3) is 5.98. The van der Waals surface area contributed by atoms with Crippen molar-refractivity contribution in [1.29, 1.82) is 0 Å². The Kier molecular flexibility index (Phi) is 6.69. The van der Waals surface area contributed by atoms with Gasteiger partial charge in [-0.05, 0) is 67.8 Å². The summed E-state index contributed by atoms with van der Waals surface area (Å²) in [5.41, 5.74) is 4.13. The molecule has 33 heavy (non-hydrogen) atoms. The molecule has 7 nitrogen and oxygen atoms in total. The van der Waals surface area contributed by atoms with Gasteiger partial charge in [-0.1, -0.05) is 30.3 Å². The number of carbonyl (C=O) groups is 3. The molecule has 1 fully saturated rings. The van der Waals surface area contributed by atoms with Crippen molar-refractivity contribution >= 4 is 40.5 Å². The summed E-state index contributed by atoms with van der Waals surface area (Å²) >= 11 is 0. The molecule has 1 aliphatic carbocycles. The number of benzene rings is 3. The predicted molar refractivity (Wildman–Crippen MR) is 130 cm³/mol. The lowest BCUT2D eigenvalue weighted by Gasteiger charge is -2.14. The Morgan fingerprint density at radius 2 is 1.45 bits per heavy atom. The summed E-state index contributed by atoms with van der Waals surface area (Å²) in [6.07, 6.45) is 1.89. The van der Waals surface area contributed by atoms with E-state index in [1.165, 1.54) is 0 Å². The molecular formula is C26H26N4O3. The highest BCUT2D eigenvalue weighted by atomic mass is 16.2. The Morgan fingerprint density at radius 1 is 0.788 bits per heavy atom. The number of hydrogen-bond donors (Lipinski definition) is 4. The van der Waals surface area contributed by atoms with Crippen molar-refractivity contribution in [2.45, 2.75) is 19.8 Å². The summed E-state index contributed by atoms with van der Waals surface area (Å²) in [4.78, 5) is 36.9. The molecule has 0 unspecified atom stereocenters. The van der Waals surface area contributed by atoms with Gasteiger partial charge in [0.05, 0.1) is 6.54 Å². The predicted octanol–water partition coefficient (Wildman–Crippen LogP) is 4.65. The molecule has 0 aromatic heterocycles. The summed E-state index contributed by atoms with van der Waals surface area (Å²) in [6, 6.07) is 21.5. The van der Waals surface area contributed by atoms with Crippen LogP contribution in [0.25, 0.3) is 0 Å². The molecule has 168 valence electrons. The Bertz CT molecular complexity index is 1170. The standard InChI is InChI=1S/C26H26N4O3/c1-17-22(11-6-12-23(17)30-26(33)19-13-14-19)27-16-24(31)28-20-9-5-10-21(15-20)29-25(32)18-7-3-2-4-8-18/h2-12,15,19,27H,13-14,16H2,1H3,(H,28,31)(H,29,32)(H,30,33). The van der Waals surface area contributed by atoms with Crippen LogP contribution in [0.1, 0.15) is 28.8 Å². The van der Waals surface area contributed by atoms with E-state index in [1.807, 2.05) is 31.2 Å². The van der Waals surface area contributed by atoms with E-state index in [4.69, 9.17) is 0 Å². The highest BCUT2D eigenvalue weighted by molar-refractivity contribution is 6.04. The second-order valence-corrected chi connectivity index (χ2v) is 8.04. The fourth-order valence-corrected chi connectivity index (χ4v) is 3.39. The van der Waals surface area contributed by atoms with Crippen LogP contribution in [0.3, 0.4) is 0 Å². The maximum atomic E-state index is 12.5. The normalized spacial score (nSPS) is 12.5. The number of nitrogens with one attached hydrogen (secondary N) is 4. The first kappa shape index (κ1) is 22.1. The third-order valence-electron chi connectivity index (χ3n) is 5.42. The molecule has 3 amide bonds. The first-order chi connectivity index (χ1) is 16.0. The molecule has 4 rings (SSSR count). The smallest absolute Gasteiger partial charge is 0.255 e. The van der Waals surface area contributed by atoms with E-state index >= 15 is 0 Å². The van der Waals surface area contributed by atoms with Crippen LogP contribution in [0.4, 0.5) is 22.7 Å². The molecule has 7 heteroatoms. The highest BCUT2D eigenvalue weighted by Gasteiger charge is 2.29. The molecule has 0 heterocycles. The second kappa shape index (κ2) is 9.99. The molecule has 0 radical (unpaired) electrons. The topological polar surface area (TPSA) is 99.3 Å². The molecule has 4 N–H and O–H groups in total. The van der Waals surface area contributed by atoms with E-state index in [2.05, 4.69) is 21.3 Å². The van der Waals surface area contributed by atoms with Crippen molar-refractivity contribution in [2.24, 2.45) is 5.92 Å². The van der Waals surface area contributed by atoms with Crippen LogP contribution < -0.4 is 21.3 Å². The average molecular weight is 443 g/mol. The SMILES string of the molecule is Cc1c(NCC(=O)Nc2cccc(NC(=O)c3ccccc3)c2)cccc1NC(=O)C1CC1. The van der Waals surface area contributed by atoms with Gasteiger partial charge < -0.3 is 21.3 Å². The number of rotatable bonds is 8. The van der Waals surface area contributed by atoms with E-state index in [0.717, 1.165) is 29.8 Å². The zero-order valence-electron chi connectivity index (χ0n) is 18.4. The summed E-state index contributed by atoms with van der Waals surface area (Å²) in [5.74, 6) is -0.273. The molecular weight excluding hydrogens is 416 g/mol. The van der Waals surface area contributed by atoms with Gasteiger partial charge >= 0.3 is 0 Å². The maximum Gasteiger partial charge on any atom is 0.255 e. The van der Waals surface area contributed by atoms with Gasteiger partial charge in [0.25, 0.3) is 5.91 Å². The Morgan fingerprint density at radius 3 is 2.18 bits per heavy atom. The number of amides is 3. The second-order valence-electron chi connectivity index (χ2n) is 8.04. The maximum absolute atomic E-state index is 12.5. The minimum absolute atomic E-state index is 0.0484. The van der Waals surface area contributed by atoms with Gasteiger partial charge in [0.1, 0.15) is 0 Å². The van der Waals surface area contributed by atoms with Crippen molar-refractivity contribution in [2.75, 3.05) is 27.8 Å². The van der Waals surface area contributed by atoms with Gasteiger partial charge in [0.15, 0.2) is 0 Å². The van der Waals surface area contributed by atoms with Crippen LogP contribution in [-0.4, -0.2) is 24.3 Å². The lowest BCUT2D eigenvalue weighted by molar-refractivity contribution is -0.117. The first-order valence-corrected chi connectivity index (χ1v) is 10.9. The van der Waals surface area contributed by atoms with Gasteiger partial charge in [-0.15, -0.1) is 0 Å². The van der Waals surface area contributed by atoms with Crippen LogP contribution in [0.15, 0.2) is 72.8 Å². The lowest BCUT2D eigenvalue weighted by Crippen LogP contribution is -2.22. The van der Waals surface area contributed by atoms with Crippen LogP contribution in [-0.2, 0) is 9.59 Å². The van der Waals surface area contributed by atoms with Crippen molar-refractivity contribution in [1.82, 2.24) is 0 Å². The van der Waals surface area contributed by atoms with E-state index in [0.29, 0.717) is 16.9 Å². The Hall–Kier alpha value is -4.13. The number of carbonyl (C=O) groups excluding carboxylic acids is 3.